The molecule has 0 spiro atoms. The molecular formula is C31H38FN3O. The number of likely N-dealkylation sites (tertiary alicyclic amines) is 1. The molecule has 0 radical (unpaired) electrons. The summed E-state index contributed by atoms with van der Waals surface area (Å²) in [6.07, 6.45) is 5.57. The topological polar surface area (TPSA) is 36.9 Å². The molecular weight excluding hydrogens is 449 g/mol. The minimum atomic E-state index is -1.26. The number of aliphatic imine (C=N–C) groups is 1. The van der Waals surface area contributed by atoms with E-state index < -0.39 is 5.67 Å². The fourth-order valence-electron chi connectivity index (χ4n) is 5.62. The molecule has 0 amide bonds. The lowest BCUT2D eigenvalue weighted by atomic mass is 9.77. The first-order valence-electron chi connectivity index (χ1n) is 13.3. The number of nitrogens with one attached hydrogen (secondary N) is 1. The number of hydrogen-bond acceptors (Lipinski definition) is 4. The number of benzene rings is 2. The van der Waals surface area contributed by atoms with Gasteiger partial charge in [-0.25, -0.2) is 4.39 Å². The lowest BCUT2D eigenvalue weighted by Gasteiger charge is -2.39. The second-order valence-corrected chi connectivity index (χ2v) is 10.5. The van der Waals surface area contributed by atoms with Gasteiger partial charge < -0.3 is 15.0 Å². The monoisotopic (exact) mass is 487 g/mol. The Labute approximate surface area is 215 Å². The van der Waals surface area contributed by atoms with E-state index in [4.69, 9.17) is 4.74 Å². The Morgan fingerprint density at radius 1 is 1.17 bits per heavy atom. The lowest BCUT2D eigenvalue weighted by molar-refractivity contribution is 0.0794. The Morgan fingerprint density at radius 2 is 1.92 bits per heavy atom. The molecule has 190 valence electrons. The number of halogens is 1. The Morgan fingerprint density at radius 3 is 2.58 bits per heavy atom. The Kier molecular flexibility index (Phi) is 7.29. The van der Waals surface area contributed by atoms with Gasteiger partial charge in [-0.05, 0) is 60.7 Å². The van der Waals surface area contributed by atoms with Gasteiger partial charge in [0.15, 0.2) is 0 Å². The largest absolute Gasteiger partial charge is 0.381 e. The van der Waals surface area contributed by atoms with Crippen LogP contribution in [0.25, 0.3) is 5.70 Å². The molecule has 2 heterocycles. The molecule has 2 aliphatic heterocycles. The van der Waals surface area contributed by atoms with Gasteiger partial charge in [0.2, 0.25) is 0 Å². The van der Waals surface area contributed by atoms with Crippen LogP contribution in [0.15, 0.2) is 65.4 Å². The highest BCUT2D eigenvalue weighted by molar-refractivity contribution is 5.63. The average molecular weight is 488 g/mol. The van der Waals surface area contributed by atoms with E-state index in [1.54, 1.807) is 0 Å². The molecule has 2 aromatic carbocycles. The molecule has 5 heteroatoms. The SMILES string of the molecule is C=NC1=C(NCc2cc(C(=C)N3CCC(F)(c4ccc(C)cc4)CC3)ccc2C2CCC2)COCC1. The number of nitrogens with zero attached hydrogens (tertiary/aromatic N) is 2. The van der Waals surface area contributed by atoms with Gasteiger partial charge in [0.1, 0.15) is 5.67 Å². The van der Waals surface area contributed by atoms with Crippen molar-refractivity contribution in [3.8, 4) is 0 Å². The van der Waals surface area contributed by atoms with Crippen LogP contribution in [0.4, 0.5) is 4.39 Å². The highest BCUT2D eigenvalue weighted by Crippen LogP contribution is 2.41. The summed E-state index contributed by atoms with van der Waals surface area (Å²) in [5, 5.41) is 3.59. The fourth-order valence-corrected chi connectivity index (χ4v) is 5.62. The third-order valence-corrected chi connectivity index (χ3v) is 8.29. The fraction of sp³-hybridized carbons (Fsp3) is 0.452. The number of aryl methyl sites for hydroxylation is 1. The van der Waals surface area contributed by atoms with Crippen molar-refractivity contribution in [1.82, 2.24) is 10.2 Å². The Bertz CT molecular complexity index is 1140. The first-order valence-corrected chi connectivity index (χ1v) is 13.3. The highest BCUT2D eigenvalue weighted by atomic mass is 19.1. The van der Waals surface area contributed by atoms with Gasteiger partial charge in [-0.1, -0.05) is 55.0 Å². The number of hydrogen-bond donors (Lipinski definition) is 1. The van der Waals surface area contributed by atoms with Crippen LogP contribution in [0, 0.1) is 6.92 Å². The molecule has 2 aromatic rings. The van der Waals surface area contributed by atoms with Gasteiger partial charge in [0.05, 0.1) is 24.6 Å². The molecule has 0 atom stereocenters. The summed E-state index contributed by atoms with van der Waals surface area (Å²) >= 11 is 0. The van der Waals surface area contributed by atoms with Gasteiger partial charge in [-0.3, -0.25) is 4.99 Å². The number of ether oxygens (including phenoxy) is 1. The van der Waals surface area contributed by atoms with Crippen molar-refractivity contribution in [1.29, 1.82) is 0 Å². The van der Waals surface area contributed by atoms with E-state index >= 15 is 4.39 Å². The Hall–Kier alpha value is -2.92. The standard InChI is InChI=1S/C31H38FN3O/c1-22-7-10-27(11-8-22)31(32)14-16-35(17-15-31)23(2)25-9-12-28(24-5-4-6-24)26(19-25)20-34-30-21-36-18-13-29(30)33-3/h7-12,19,24,34H,2-6,13-18,20-21H2,1H3. The normalized spacial score (nSPS) is 20.1. The zero-order chi connectivity index (χ0) is 25.1. The van der Waals surface area contributed by atoms with Gasteiger partial charge in [-0.2, -0.15) is 0 Å². The zero-order valence-electron chi connectivity index (χ0n) is 21.5. The van der Waals surface area contributed by atoms with Crippen molar-refractivity contribution in [3.63, 3.8) is 0 Å². The average Bonchev–Trinajstić information content (AvgIpc) is 2.87. The molecule has 1 N–H and O–H groups in total. The molecule has 1 saturated heterocycles. The zero-order valence-corrected chi connectivity index (χ0v) is 21.5. The molecule has 36 heavy (non-hydrogen) atoms. The molecule has 3 aliphatic rings. The van der Waals surface area contributed by atoms with E-state index in [1.807, 2.05) is 31.2 Å². The summed E-state index contributed by atoms with van der Waals surface area (Å²) in [7, 11) is 0. The summed E-state index contributed by atoms with van der Waals surface area (Å²) < 4.78 is 21.4. The van der Waals surface area contributed by atoms with Crippen LogP contribution in [-0.2, 0) is 17.0 Å². The van der Waals surface area contributed by atoms with E-state index in [0.29, 0.717) is 45.1 Å². The van der Waals surface area contributed by atoms with E-state index in [0.717, 1.165) is 46.7 Å². The summed E-state index contributed by atoms with van der Waals surface area (Å²) in [5.41, 5.74) is 7.56. The van der Waals surface area contributed by atoms with Crippen LogP contribution in [-0.4, -0.2) is 37.9 Å². The quantitative estimate of drug-likeness (QED) is 0.425. The van der Waals surface area contributed by atoms with Crippen molar-refractivity contribution < 1.29 is 9.13 Å². The highest BCUT2D eigenvalue weighted by Gasteiger charge is 2.36. The van der Waals surface area contributed by atoms with Crippen LogP contribution in [0.3, 0.4) is 0 Å². The van der Waals surface area contributed by atoms with Gasteiger partial charge >= 0.3 is 0 Å². The van der Waals surface area contributed by atoms with Crippen molar-refractivity contribution in [2.24, 2.45) is 4.99 Å². The predicted octanol–water partition coefficient (Wildman–Crippen LogP) is 6.62. The molecule has 1 saturated carbocycles. The second kappa shape index (κ2) is 10.6. The van der Waals surface area contributed by atoms with Crippen LogP contribution in [0.1, 0.15) is 72.3 Å². The molecule has 2 fully saturated rings. The van der Waals surface area contributed by atoms with E-state index in [-0.39, 0.29) is 0 Å². The van der Waals surface area contributed by atoms with Gasteiger partial charge in [0.25, 0.3) is 0 Å². The minimum Gasteiger partial charge on any atom is -0.381 e. The predicted molar refractivity (Wildman–Crippen MR) is 146 cm³/mol. The molecule has 5 rings (SSSR count). The third-order valence-electron chi connectivity index (χ3n) is 8.29. The molecule has 0 aromatic heterocycles. The molecule has 0 bridgehead atoms. The van der Waals surface area contributed by atoms with Crippen molar-refractivity contribution in [2.75, 3.05) is 26.3 Å². The van der Waals surface area contributed by atoms with Crippen LogP contribution in [0.5, 0.6) is 0 Å². The maximum atomic E-state index is 15.8. The smallest absolute Gasteiger partial charge is 0.139 e. The maximum Gasteiger partial charge on any atom is 0.139 e. The van der Waals surface area contributed by atoms with Crippen LogP contribution in [0.2, 0.25) is 0 Å². The van der Waals surface area contributed by atoms with Gasteiger partial charge in [0, 0.05) is 44.6 Å². The molecule has 4 nitrogen and oxygen atoms in total. The first kappa shape index (κ1) is 24.8. The van der Waals surface area contributed by atoms with Crippen molar-refractivity contribution in [2.45, 2.75) is 63.6 Å². The van der Waals surface area contributed by atoms with Crippen molar-refractivity contribution >= 4 is 12.4 Å². The molecule has 1 aliphatic carbocycles. The van der Waals surface area contributed by atoms with Gasteiger partial charge in [-0.15, -0.1) is 0 Å². The number of alkyl halides is 1. The Balaban J connectivity index is 1.30. The van der Waals surface area contributed by atoms with E-state index in [9.17, 15) is 0 Å². The summed E-state index contributed by atoms with van der Waals surface area (Å²) in [6.45, 7) is 13.5. The minimum absolute atomic E-state index is 0.481. The van der Waals surface area contributed by atoms with E-state index in [2.05, 4.69) is 46.7 Å². The first-order chi connectivity index (χ1) is 17.5. The van der Waals surface area contributed by atoms with Crippen molar-refractivity contribution in [3.05, 3.63) is 88.3 Å². The van der Waals surface area contributed by atoms with Crippen LogP contribution >= 0.6 is 0 Å². The summed E-state index contributed by atoms with van der Waals surface area (Å²) in [5.74, 6) is 0.634. The van der Waals surface area contributed by atoms with E-state index in [1.165, 1.54) is 30.4 Å². The number of piperidine rings is 1. The summed E-state index contributed by atoms with van der Waals surface area (Å²) in [6, 6.07) is 14.7. The van der Waals surface area contributed by atoms with Crippen LogP contribution < -0.4 is 5.32 Å². The third kappa shape index (κ3) is 5.12. The lowest BCUT2D eigenvalue weighted by Crippen LogP contribution is -2.39. The summed E-state index contributed by atoms with van der Waals surface area (Å²) in [4.78, 5) is 6.46. The maximum absolute atomic E-state index is 15.8. The number of rotatable bonds is 8. The second-order valence-electron chi connectivity index (χ2n) is 10.5. The molecule has 0 unspecified atom stereocenters.